The first kappa shape index (κ1) is 28.3. The number of thiophene rings is 1. The Kier molecular flexibility index (Phi) is 8.36. The van der Waals surface area contributed by atoms with Gasteiger partial charge in [0.25, 0.3) is 0 Å². The van der Waals surface area contributed by atoms with Crippen LogP contribution in [0.3, 0.4) is 0 Å². The van der Waals surface area contributed by atoms with Crippen molar-refractivity contribution in [1.82, 2.24) is 19.9 Å². The molecule has 5 aromatic rings. The van der Waals surface area contributed by atoms with Crippen molar-refractivity contribution in [3.8, 4) is 21.1 Å². The summed E-state index contributed by atoms with van der Waals surface area (Å²) in [4.78, 5) is 28.8. The number of aromatic amines is 1. The molecule has 1 fully saturated rings. The third kappa shape index (κ3) is 6.93. The van der Waals surface area contributed by atoms with Gasteiger partial charge in [0.15, 0.2) is 0 Å². The first-order valence-corrected chi connectivity index (χ1v) is 13.8. The van der Waals surface area contributed by atoms with Crippen molar-refractivity contribution in [2.45, 2.75) is 19.6 Å². The molecule has 2 N–H and O–H groups in total. The molecule has 0 bridgehead atoms. The zero-order valence-corrected chi connectivity index (χ0v) is 23.0. The number of carbonyl (C=O) groups is 1. The van der Waals surface area contributed by atoms with E-state index in [1.807, 2.05) is 12.4 Å². The summed E-state index contributed by atoms with van der Waals surface area (Å²) in [6.45, 7) is 7.34. The molecule has 0 saturated carbocycles. The molecule has 4 heterocycles. The fourth-order valence-electron chi connectivity index (χ4n) is 4.71. The van der Waals surface area contributed by atoms with Gasteiger partial charge in [-0.05, 0) is 60.0 Å². The number of aryl methyl sites for hydroxylation is 1. The number of nitrogens with one attached hydrogen (secondary N) is 1. The molecule has 0 amide bonds. The van der Waals surface area contributed by atoms with Crippen molar-refractivity contribution in [2.24, 2.45) is 0 Å². The number of benzene rings is 2. The second-order valence-corrected chi connectivity index (χ2v) is 10.8. The van der Waals surface area contributed by atoms with Gasteiger partial charge >= 0.3 is 12.1 Å². The molecule has 1 saturated heterocycles. The number of fused-ring (bicyclic) bond motifs is 1. The maximum absolute atomic E-state index is 10.6. The van der Waals surface area contributed by atoms with Gasteiger partial charge in [0.2, 0.25) is 0 Å². The van der Waals surface area contributed by atoms with E-state index in [2.05, 4.69) is 93.4 Å². The highest BCUT2D eigenvalue weighted by Gasteiger charge is 2.38. The minimum Gasteiger partial charge on any atom is -0.475 e. The van der Waals surface area contributed by atoms with E-state index in [4.69, 9.17) is 14.9 Å². The molecule has 0 radical (unpaired) electrons. The highest BCUT2D eigenvalue weighted by atomic mass is 32.1. The zero-order chi connectivity index (χ0) is 29.0. The Morgan fingerprint density at radius 1 is 0.976 bits per heavy atom. The molecule has 0 spiro atoms. The topological polar surface area (TPSA) is 85.4 Å². The van der Waals surface area contributed by atoms with E-state index in [1.165, 1.54) is 32.1 Å². The van der Waals surface area contributed by atoms with Crippen LogP contribution in [-0.4, -0.2) is 63.3 Å². The lowest BCUT2D eigenvalue weighted by Gasteiger charge is -2.36. The van der Waals surface area contributed by atoms with Crippen molar-refractivity contribution in [3.05, 3.63) is 90.3 Å². The van der Waals surface area contributed by atoms with Crippen LogP contribution in [-0.2, 0) is 11.3 Å². The highest BCUT2D eigenvalue weighted by Crippen LogP contribution is 2.35. The van der Waals surface area contributed by atoms with Crippen LogP contribution in [0.2, 0.25) is 0 Å². The van der Waals surface area contributed by atoms with E-state index >= 15 is 0 Å². The van der Waals surface area contributed by atoms with Gasteiger partial charge < -0.3 is 15.0 Å². The number of aliphatic carboxylic acids is 1. The fourth-order valence-corrected chi connectivity index (χ4v) is 5.66. The van der Waals surface area contributed by atoms with Crippen molar-refractivity contribution < 1.29 is 23.1 Å². The van der Waals surface area contributed by atoms with E-state index in [0.717, 1.165) is 49.6 Å². The van der Waals surface area contributed by atoms with Gasteiger partial charge in [-0.25, -0.2) is 9.78 Å². The zero-order valence-electron chi connectivity index (χ0n) is 22.2. The summed E-state index contributed by atoms with van der Waals surface area (Å²) in [6.07, 6.45) is -1.34. The minimum atomic E-state index is -5.08. The van der Waals surface area contributed by atoms with Crippen molar-refractivity contribution in [3.63, 3.8) is 0 Å². The Morgan fingerprint density at radius 3 is 2.34 bits per heavy atom. The second-order valence-electron chi connectivity index (χ2n) is 9.69. The number of hydrogen-bond acceptors (Lipinski definition) is 6. The van der Waals surface area contributed by atoms with E-state index in [-0.39, 0.29) is 0 Å². The molecule has 3 aromatic heterocycles. The minimum absolute atomic E-state index is 0.948. The van der Waals surface area contributed by atoms with Crippen molar-refractivity contribution >= 4 is 34.0 Å². The monoisotopic (exact) mass is 579 g/mol. The summed E-state index contributed by atoms with van der Waals surface area (Å²) < 4.78 is 31.7. The van der Waals surface area contributed by atoms with Crippen LogP contribution < -0.4 is 4.90 Å². The number of carboxylic acids is 1. The number of carboxylic acid groups (broad SMARTS) is 1. The van der Waals surface area contributed by atoms with Gasteiger partial charge in [0.05, 0.1) is 15.9 Å². The predicted molar refractivity (Wildman–Crippen MR) is 155 cm³/mol. The number of piperazine rings is 1. The third-order valence-electron chi connectivity index (χ3n) is 6.81. The number of pyridine rings is 1. The van der Waals surface area contributed by atoms with E-state index in [0.29, 0.717) is 0 Å². The molecule has 2 aromatic carbocycles. The van der Waals surface area contributed by atoms with Crippen LogP contribution >= 0.6 is 11.3 Å². The van der Waals surface area contributed by atoms with Crippen LogP contribution in [0.4, 0.5) is 18.9 Å². The number of halogens is 3. The number of H-pyrrole nitrogens is 1. The van der Waals surface area contributed by atoms with Gasteiger partial charge in [-0.3, -0.25) is 9.88 Å². The molecule has 1 aliphatic rings. The average Bonchev–Trinajstić information content (AvgIpc) is 3.63. The van der Waals surface area contributed by atoms with Crippen molar-refractivity contribution in [1.29, 1.82) is 0 Å². The number of imidazole rings is 1. The van der Waals surface area contributed by atoms with Gasteiger partial charge in [0.1, 0.15) is 5.82 Å². The molecule has 7 nitrogen and oxygen atoms in total. The number of nitrogens with zero attached hydrogens (tertiary/aromatic N) is 4. The lowest BCUT2D eigenvalue weighted by molar-refractivity contribution is -0.192. The van der Waals surface area contributed by atoms with Gasteiger partial charge in [-0.2, -0.15) is 13.2 Å². The van der Waals surface area contributed by atoms with Crippen LogP contribution in [0.5, 0.6) is 0 Å². The summed E-state index contributed by atoms with van der Waals surface area (Å²) in [6, 6.07) is 23.8. The largest absolute Gasteiger partial charge is 0.490 e. The summed E-state index contributed by atoms with van der Waals surface area (Å²) in [5.74, 6) is -1.81. The van der Waals surface area contributed by atoms with Crippen LogP contribution in [0.15, 0.2) is 79.1 Å². The maximum Gasteiger partial charge on any atom is 0.490 e. The standard InChI is InChI=1S/C28H27N5S.C2HF3O2/c1-20-4-2-7-24-27(20)31-28(30-24)26-9-8-25(34-26)22-6-3-5-21(18-22)19-32-14-16-33(17-15-32)23-10-12-29-13-11-23;3-2(4,5)1(6)7/h2-13,18H,14-17,19H2,1H3,(H,30,31);(H,6,7). The second kappa shape index (κ2) is 12.1. The SMILES string of the molecule is Cc1cccc2[nH]c(-c3ccc(-c4cccc(CN5CCN(c6ccncc6)CC5)c4)s3)nc12.O=C(O)C(F)(F)F. The molecule has 0 aliphatic carbocycles. The molecule has 0 atom stereocenters. The number of rotatable bonds is 5. The number of hydrogen-bond donors (Lipinski definition) is 2. The highest BCUT2D eigenvalue weighted by molar-refractivity contribution is 7.18. The van der Waals surface area contributed by atoms with Crippen LogP contribution in [0.1, 0.15) is 11.1 Å². The Labute approximate surface area is 238 Å². The number of aromatic nitrogens is 3. The van der Waals surface area contributed by atoms with Crippen LogP contribution in [0, 0.1) is 6.92 Å². The van der Waals surface area contributed by atoms with E-state index < -0.39 is 12.1 Å². The molecule has 41 heavy (non-hydrogen) atoms. The van der Waals surface area contributed by atoms with Gasteiger partial charge in [-0.15, -0.1) is 11.3 Å². The maximum atomic E-state index is 10.6. The van der Waals surface area contributed by atoms with E-state index in [1.54, 1.807) is 11.3 Å². The summed E-state index contributed by atoms with van der Waals surface area (Å²) in [7, 11) is 0. The molecule has 212 valence electrons. The number of anilines is 1. The molecule has 1 aliphatic heterocycles. The van der Waals surface area contributed by atoms with Gasteiger partial charge in [-0.1, -0.05) is 30.3 Å². The predicted octanol–water partition coefficient (Wildman–Crippen LogP) is 6.62. The molecule has 6 rings (SSSR count). The smallest absolute Gasteiger partial charge is 0.475 e. The average molecular weight is 580 g/mol. The lowest BCUT2D eigenvalue weighted by Crippen LogP contribution is -2.45. The first-order valence-electron chi connectivity index (χ1n) is 13.0. The molecular formula is C30H28F3N5O2S. The summed E-state index contributed by atoms with van der Waals surface area (Å²) in [5, 5.41) is 7.12. The summed E-state index contributed by atoms with van der Waals surface area (Å²) >= 11 is 1.79. The molecular weight excluding hydrogens is 551 g/mol. The summed E-state index contributed by atoms with van der Waals surface area (Å²) in [5.41, 5.74) is 7.26. The molecule has 11 heteroatoms. The normalized spacial score (nSPS) is 14.1. The molecule has 0 unspecified atom stereocenters. The Bertz CT molecular complexity index is 1630. The van der Waals surface area contributed by atoms with Crippen molar-refractivity contribution in [2.75, 3.05) is 31.1 Å². The number of para-hydroxylation sites is 1. The Balaban J connectivity index is 0.000000431. The van der Waals surface area contributed by atoms with Crippen LogP contribution in [0.25, 0.3) is 32.2 Å². The lowest BCUT2D eigenvalue weighted by atomic mass is 10.1. The number of alkyl halides is 3. The third-order valence-corrected chi connectivity index (χ3v) is 7.96. The first-order chi connectivity index (χ1) is 19.7. The Hall–Kier alpha value is -4.22. The Morgan fingerprint density at radius 2 is 1.66 bits per heavy atom. The quantitative estimate of drug-likeness (QED) is 0.244. The van der Waals surface area contributed by atoms with Gasteiger partial charge in [0, 0.05) is 55.7 Å². The fraction of sp³-hybridized carbons (Fsp3) is 0.233. The van der Waals surface area contributed by atoms with E-state index in [9.17, 15) is 13.2 Å².